The second-order valence-electron chi connectivity index (χ2n) is 2.46. The van der Waals surface area contributed by atoms with Gasteiger partial charge in [-0.25, -0.2) is 22.0 Å². The van der Waals surface area contributed by atoms with E-state index in [1.54, 1.807) is 0 Å². The first-order valence-corrected chi connectivity index (χ1v) is 3.92. The highest BCUT2D eigenvalue weighted by atomic mass is 32.2. The quantitative estimate of drug-likeness (QED) is 0.622. The Balaban J connectivity index is 3.05. The zero-order valence-electron chi connectivity index (χ0n) is 5.79. The summed E-state index contributed by atoms with van der Waals surface area (Å²) in [5, 5.41) is -4.74. The second-order valence-corrected chi connectivity index (χ2v) is 3.66. The molecule has 0 aliphatic carbocycles. The van der Waals surface area contributed by atoms with Crippen LogP contribution in [0.1, 0.15) is 0 Å². The number of hydrogen-bond acceptors (Lipinski definition) is 1. The summed E-state index contributed by atoms with van der Waals surface area (Å²) in [5.74, 6) is 0. The smallest absolute Gasteiger partial charge is 0.239 e. The maximum Gasteiger partial charge on any atom is 0.338 e. The molecule has 1 rings (SSSR count). The molecule has 1 fully saturated rings. The van der Waals surface area contributed by atoms with Gasteiger partial charge in [0, 0.05) is 0 Å². The number of halogens is 7. The van der Waals surface area contributed by atoms with Crippen molar-refractivity contribution in [3.05, 3.63) is 0 Å². The molecule has 1 heterocycles. The van der Waals surface area contributed by atoms with Crippen molar-refractivity contribution < 1.29 is 30.7 Å². The second kappa shape index (κ2) is 2.93. The van der Waals surface area contributed by atoms with E-state index in [4.69, 9.17) is 0 Å². The summed E-state index contributed by atoms with van der Waals surface area (Å²) in [4.78, 5) is 0. The van der Waals surface area contributed by atoms with Gasteiger partial charge in [0.05, 0.1) is 0 Å². The third-order valence-electron chi connectivity index (χ3n) is 1.66. The SMILES string of the molecule is FC1SC(F)(F)C(F)(C(F)F)C1F. The Hall–Kier alpha value is -0.140. The van der Waals surface area contributed by atoms with Crippen LogP contribution in [0.5, 0.6) is 0 Å². The molecule has 0 N–H and O–H groups in total. The van der Waals surface area contributed by atoms with Crippen molar-refractivity contribution in [1.82, 2.24) is 0 Å². The lowest BCUT2D eigenvalue weighted by molar-refractivity contribution is -0.172. The number of alkyl halides is 7. The van der Waals surface area contributed by atoms with Crippen molar-refractivity contribution in [3.63, 3.8) is 0 Å². The Labute approximate surface area is 72.5 Å². The molecule has 1 saturated heterocycles. The van der Waals surface area contributed by atoms with E-state index >= 15 is 0 Å². The lowest BCUT2D eigenvalue weighted by Crippen LogP contribution is -2.51. The van der Waals surface area contributed by atoms with Crippen LogP contribution in [-0.2, 0) is 0 Å². The summed E-state index contributed by atoms with van der Waals surface area (Å²) < 4.78 is 85.6. The van der Waals surface area contributed by atoms with Gasteiger partial charge in [-0.05, 0) is 11.8 Å². The minimum Gasteiger partial charge on any atom is -0.239 e. The van der Waals surface area contributed by atoms with E-state index < -0.39 is 40.8 Å². The van der Waals surface area contributed by atoms with Crippen LogP contribution in [0.4, 0.5) is 30.7 Å². The highest BCUT2D eigenvalue weighted by molar-refractivity contribution is 8.01. The van der Waals surface area contributed by atoms with Crippen molar-refractivity contribution >= 4 is 11.8 Å². The Bertz CT molecular complexity index is 207. The first-order valence-electron chi connectivity index (χ1n) is 3.04. The molecule has 3 unspecified atom stereocenters. The van der Waals surface area contributed by atoms with Crippen LogP contribution in [0, 0.1) is 0 Å². The van der Waals surface area contributed by atoms with Gasteiger partial charge in [0.1, 0.15) is 0 Å². The van der Waals surface area contributed by atoms with Crippen LogP contribution in [0.3, 0.4) is 0 Å². The molecule has 0 bridgehead atoms. The van der Waals surface area contributed by atoms with Crippen LogP contribution >= 0.6 is 11.8 Å². The van der Waals surface area contributed by atoms with Gasteiger partial charge in [0.25, 0.3) is 12.1 Å². The normalized spacial score (nSPS) is 44.3. The van der Waals surface area contributed by atoms with E-state index in [0.717, 1.165) is 0 Å². The van der Waals surface area contributed by atoms with Gasteiger partial charge in [-0.15, -0.1) is 0 Å². The topological polar surface area (TPSA) is 0 Å². The van der Waals surface area contributed by atoms with E-state index in [-0.39, 0.29) is 0 Å². The number of thioether (sulfide) groups is 1. The Morgan fingerprint density at radius 1 is 1.08 bits per heavy atom. The van der Waals surface area contributed by atoms with Crippen LogP contribution in [0.25, 0.3) is 0 Å². The molecule has 78 valence electrons. The molecule has 1 aliphatic rings. The van der Waals surface area contributed by atoms with Gasteiger partial charge >= 0.3 is 5.25 Å². The molecule has 8 heteroatoms. The van der Waals surface area contributed by atoms with Crippen molar-refractivity contribution in [2.45, 2.75) is 29.0 Å². The zero-order valence-corrected chi connectivity index (χ0v) is 6.60. The first kappa shape index (κ1) is 10.9. The highest BCUT2D eigenvalue weighted by Crippen LogP contribution is 2.58. The molecule has 0 radical (unpaired) electrons. The minimum atomic E-state index is -4.74. The lowest BCUT2D eigenvalue weighted by Gasteiger charge is -2.25. The predicted molar refractivity (Wildman–Crippen MR) is 32.2 cm³/mol. The maximum absolute atomic E-state index is 12.7. The summed E-state index contributed by atoms with van der Waals surface area (Å²) in [7, 11) is 0. The van der Waals surface area contributed by atoms with Gasteiger partial charge < -0.3 is 0 Å². The Morgan fingerprint density at radius 2 is 1.54 bits per heavy atom. The molecule has 0 aromatic rings. The van der Waals surface area contributed by atoms with Gasteiger partial charge in [-0.2, -0.15) is 8.78 Å². The largest absolute Gasteiger partial charge is 0.338 e. The van der Waals surface area contributed by atoms with Gasteiger partial charge in [-0.3, -0.25) is 0 Å². The van der Waals surface area contributed by atoms with Crippen LogP contribution < -0.4 is 0 Å². The van der Waals surface area contributed by atoms with Crippen molar-refractivity contribution in [3.8, 4) is 0 Å². The molecule has 13 heavy (non-hydrogen) atoms. The monoisotopic (exact) mass is 228 g/mol. The van der Waals surface area contributed by atoms with Crippen molar-refractivity contribution in [2.75, 3.05) is 0 Å². The maximum atomic E-state index is 12.7. The molecule has 1 aliphatic heterocycles. The standard InChI is InChI=1S/C5H3F7S/c6-1-2(7)13-5(11,12)4(1,10)3(8)9/h1-3H. The third-order valence-corrected chi connectivity index (χ3v) is 2.73. The molecule has 0 aromatic carbocycles. The van der Waals surface area contributed by atoms with E-state index in [9.17, 15) is 30.7 Å². The van der Waals surface area contributed by atoms with E-state index in [2.05, 4.69) is 0 Å². The lowest BCUT2D eigenvalue weighted by atomic mass is 10.0. The van der Waals surface area contributed by atoms with Gasteiger partial charge in [0.15, 0.2) is 11.7 Å². The fourth-order valence-electron chi connectivity index (χ4n) is 0.890. The highest BCUT2D eigenvalue weighted by Gasteiger charge is 2.75. The summed E-state index contributed by atoms with van der Waals surface area (Å²) >= 11 is -1.06. The van der Waals surface area contributed by atoms with Crippen LogP contribution in [0.15, 0.2) is 0 Å². The molecular formula is C5H3F7S. The van der Waals surface area contributed by atoms with E-state index in [1.165, 1.54) is 0 Å². The van der Waals surface area contributed by atoms with Crippen LogP contribution in [0.2, 0.25) is 0 Å². The summed E-state index contributed by atoms with van der Waals surface area (Å²) in [6, 6.07) is 0. The third kappa shape index (κ3) is 1.29. The van der Waals surface area contributed by atoms with E-state index in [0.29, 0.717) is 0 Å². The fraction of sp³-hybridized carbons (Fsp3) is 1.00. The molecule has 3 atom stereocenters. The Kier molecular flexibility index (Phi) is 2.46. The molecular weight excluding hydrogens is 225 g/mol. The average Bonchev–Trinajstić information content (AvgIpc) is 2.12. The number of rotatable bonds is 1. The molecule has 0 saturated carbocycles. The van der Waals surface area contributed by atoms with Crippen molar-refractivity contribution in [1.29, 1.82) is 0 Å². The zero-order chi connectivity index (χ0) is 10.4. The summed E-state index contributed by atoms with van der Waals surface area (Å²) in [5.41, 5.74) is -7.69. The van der Waals surface area contributed by atoms with Gasteiger partial charge in [0.2, 0.25) is 0 Å². The molecule has 0 amide bonds. The first-order chi connectivity index (χ1) is 5.73. The molecule has 0 nitrogen and oxygen atoms in total. The van der Waals surface area contributed by atoms with Crippen molar-refractivity contribution in [2.24, 2.45) is 0 Å². The molecule has 0 aromatic heterocycles. The summed E-state index contributed by atoms with van der Waals surface area (Å²) in [6.45, 7) is 0. The Morgan fingerprint density at radius 3 is 1.69 bits per heavy atom. The predicted octanol–water partition coefficient (Wildman–Crippen LogP) is 2.93. The summed E-state index contributed by atoms with van der Waals surface area (Å²) in [6.07, 6.45) is -7.77. The molecule has 0 spiro atoms. The average molecular weight is 228 g/mol. The van der Waals surface area contributed by atoms with Crippen LogP contribution in [-0.4, -0.2) is 29.0 Å². The van der Waals surface area contributed by atoms with Gasteiger partial charge in [-0.1, -0.05) is 0 Å². The number of hydrogen-bond donors (Lipinski definition) is 0. The fourth-order valence-corrected chi connectivity index (χ4v) is 1.87. The minimum absolute atomic E-state index is 1.06. The van der Waals surface area contributed by atoms with E-state index in [1.807, 2.05) is 0 Å².